The molecule has 0 heterocycles. The van der Waals surface area contributed by atoms with Gasteiger partial charge in [0.2, 0.25) is 0 Å². The summed E-state index contributed by atoms with van der Waals surface area (Å²) < 4.78 is 0. The molecule has 0 spiro atoms. The van der Waals surface area contributed by atoms with Gasteiger partial charge in [0, 0.05) is 12.8 Å². The fourth-order valence-electron chi connectivity index (χ4n) is 5.09. The maximum absolute atomic E-state index is 12.4. The maximum Gasteiger partial charge on any atom is 0.134 e. The van der Waals surface area contributed by atoms with Gasteiger partial charge in [-0.05, 0) is 73.1 Å². The Balaban J connectivity index is 1.77. The molecule has 0 aliphatic heterocycles. The van der Waals surface area contributed by atoms with Crippen molar-refractivity contribution in [1.82, 2.24) is 0 Å². The van der Waals surface area contributed by atoms with E-state index >= 15 is 0 Å². The number of allylic oxidation sites excluding steroid dienone is 1. The Bertz CT molecular complexity index is 661. The van der Waals surface area contributed by atoms with Crippen molar-refractivity contribution >= 4 is 5.78 Å². The molecule has 2 N–H and O–H groups in total. The van der Waals surface area contributed by atoms with Gasteiger partial charge in [0.1, 0.15) is 11.5 Å². The lowest BCUT2D eigenvalue weighted by Crippen LogP contribution is -2.38. The number of ketones is 1. The number of aliphatic hydroxyl groups excluding tert-OH is 1. The van der Waals surface area contributed by atoms with E-state index in [9.17, 15) is 15.0 Å². The van der Waals surface area contributed by atoms with Crippen molar-refractivity contribution in [3.63, 3.8) is 0 Å². The van der Waals surface area contributed by atoms with Crippen LogP contribution in [0.4, 0.5) is 0 Å². The molecule has 3 heteroatoms. The summed E-state index contributed by atoms with van der Waals surface area (Å²) in [4.78, 5) is 12.4. The second kappa shape index (κ2) is 6.72. The standard InChI is InChI=1S/C21H28O3/c1-14-3-7-18(23)11-15(14)4-5-16-12-19(24)13-21(2)17(9-10-22)6-8-20(16)21/h3,7,9,11,16,20,22-23H,4-6,8,10,12-13H2,1-2H3/b17-9-. The van der Waals surface area contributed by atoms with E-state index in [1.54, 1.807) is 6.07 Å². The van der Waals surface area contributed by atoms with E-state index in [0.29, 0.717) is 36.2 Å². The molecule has 3 nitrogen and oxygen atoms in total. The number of hydrogen-bond donors (Lipinski definition) is 2. The molecule has 0 bridgehead atoms. The van der Waals surface area contributed by atoms with Crippen LogP contribution in [-0.4, -0.2) is 22.6 Å². The minimum absolute atomic E-state index is 0.0589. The summed E-state index contributed by atoms with van der Waals surface area (Å²) in [7, 11) is 0. The number of aryl methyl sites for hydroxylation is 2. The van der Waals surface area contributed by atoms with Gasteiger partial charge in [-0.3, -0.25) is 4.79 Å². The van der Waals surface area contributed by atoms with Crippen LogP contribution < -0.4 is 0 Å². The van der Waals surface area contributed by atoms with Gasteiger partial charge in [-0.25, -0.2) is 0 Å². The molecule has 2 saturated carbocycles. The zero-order valence-corrected chi connectivity index (χ0v) is 14.7. The highest BCUT2D eigenvalue weighted by molar-refractivity contribution is 5.81. The molecule has 2 aliphatic carbocycles. The molecule has 24 heavy (non-hydrogen) atoms. The maximum atomic E-state index is 12.4. The lowest BCUT2D eigenvalue weighted by atomic mass is 9.61. The summed E-state index contributed by atoms with van der Waals surface area (Å²) in [6.07, 6.45) is 7.27. The molecule has 1 aromatic rings. The summed E-state index contributed by atoms with van der Waals surface area (Å²) in [5.74, 6) is 1.61. The highest BCUT2D eigenvalue weighted by Gasteiger charge is 2.50. The molecule has 0 amide bonds. The number of phenols is 1. The predicted molar refractivity (Wildman–Crippen MR) is 94.9 cm³/mol. The lowest BCUT2D eigenvalue weighted by molar-refractivity contribution is -0.126. The van der Waals surface area contributed by atoms with Crippen LogP contribution in [0.5, 0.6) is 5.75 Å². The second-order valence-corrected chi connectivity index (χ2v) is 7.80. The zero-order chi connectivity index (χ0) is 17.3. The summed E-state index contributed by atoms with van der Waals surface area (Å²) in [5.41, 5.74) is 3.60. The third-order valence-corrected chi connectivity index (χ3v) is 6.35. The van der Waals surface area contributed by atoms with Crippen molar-refractivity contribution in [2.45, 2.75) is 52.4 Å². The highest BCUT2D eigenvalue weighted by Crippen LogP contribution is 2.57. The van der Waals surface area contributed by atoms with E-state index in [1.165, 1.54) is 16.7 Å². The Morgan fingerprint density at radius 2 is 2.17 bits per heavy atom. The summed E-state index contributed by atoms with van der Waals surface area (Å²) >= 11 is 0. The molecule has 0 saturated heterocycles. The number of fused-ring (bicyclic) bond motifs is 1. The monoisotopic (exact) mass is 328 g/mol. The minimum Gasteiger partial charge on any atom is -0.508 e. The zero-order valence-electron chi connectivity index (χ0n) is 14.7. The Kier molecular flexibility index (Phi) is 4.82. The first-order valence-electron chi connectivity index (χ1n) is 9.04. The Morgan fingerprint density at radius 1 is 1.38 bits per heavy atom. The number of hydrogen-bond acceptors (Lipinski definition) is 3. The SMILES string of the molecule is Cc1ccc(O)cc1CCC1CC(=O)CC2(C)/C(=C\CO)CCC12. The Labute approximate surface area is 144 Å². The van der Waals surface area contributed by atoms with Crippen molar-refractivity contribution in [2.24, 2.45) is 17.3 Å². The van der Waals surface area contributed by atoms with E-state index in [-0.39, 0.29) is 12.0 Å². The Hall–Kier alpha value is -1.61. The van der Waals surface area contributed by atoms with E-state index in [2.05, 4.69) is 13.8 Å². The molecule has 130 valence electrons. The molecule has 0 radical (unpaired) electrons. The van der Waals surface area contributed by atoms with E-state index in [1.807, 2.05) is 18.2 Å². The van der Waals surface area contributed by atoms with Crippen LogP contribution in [0.2, 0.25) is 0 Å². The fourth-order valence-corrected chi connectivity index (χ4v) is 5.09. The first-order chi connectivity index (χ1) is 11.4. The third kappa shape index (κ3) is 3.14. The third-order valence-electron chi connectivity index (χ3n) is 6.35. The van der Waals surface area contributed by atoms with E-state index < -0.39 is 0 Å². The first-order valence-corrected chi connectivity index (χ1v) is 9.04. The molecule has 0 aromatic heterocycles. The summed E-state index contributed by atoms with van der Waals surface area (Å²) in [6, 6.07) is 5.53. The van der Waals surface area contributed by atoms with Crippen molar-refractivity contribution < 1.29 is 15.0 Å². The van der Waals surface area contributed by atoms with Gasteiger partial charge in [0.15, 0.2) is 0 Å². The van der Waals surface area contributed by atoms with E-state index in [4.69, 9.17) is 0 Å². The van der Waals surface area contributed by atoms with Gasteiger partial charge in [-0.2, -0.15) is 0 Å². The number of carbonyl (C=O) groups is 1. The molecule has 2 aliphatic rings. The summed E-state index contributed by atoms with van der Waals surface area (Å²) in [6.45, 7) is 4.36. The quantitative estimate of drug-likeness (QED) is 0.823. The van der Waals surface area contributed by atoms with Crippen LogP contribution in [0.25, 0.3) is 0 Å². The predicted octanol–water partition coefficient (Wildman–Crippen LogP) is 3.95. The van der Waals surface area contributed by atoms with Gasteiger partial charge < -0.3 is 10.2 Å². The Morgan fingerprint density at radius 3 is 2.92 bits per heavy atom. The van der Waals surface area contributed by atoms with Crippen LogP contribution in [0.15, 0.2) is 29.8 Å². The van der Waals surface area contributed by atoms with Crippen LogP contribution in [-0.2, 0) is 11.2 Å². The van der Waals surface area contributed by atoms with Crippen molar-refractivity contribution in [2.75, 3.05) is 6.61 Å². The van der Waals surface area contributed by atoms with Crippen LogP contribution in [0.3, 0.4) is 0 Å². The second-order valence-electron chi connectivity index (χ2n) is 7.80. The molecule has 3 unspecified atom stereocenters. The topological polar surface area (TPSA) is 57.5 Å². The van der Waals surface area contributed by atoms with Crippen LogP contribution in [0, 0.1) is 24.2 Å². The minimum atomic E-state index is -0.0589. The number of aromatic hydroxyl groups is 1. The van der Waals surface area contributed by atoms with Gasteiger partial charge in [0.05, 0.1) is 6.61 Å². The lowest BCUT2D eigenvalue weighted by Gasteiger charge is -2.42. The van der Waals surface area contributed by atoms with Gasteiger partial charge >= 0.3 is 0 Å². The smallest absolute Gasteiger partial charge is 0.134 e. The number of phenolic OH excluding ortho intramolecular Hbond substituents is 1. The van der Waals surface area contributed by atoms with Crippen molar-refractivity contribution in [1.29, 1.82) is 0 Å². The van der Waals surface area contributed by atoms with Crippen molar-refractivity contribution in [3.05, 3.63) is 41.0 Å². The highest BCUT2D eigenvalue weighted by atomic mass is 16.3. The fraction of sp³-hybridized carbons (Fsp3) is 0.571. The molecular formula is C21H28O3. The average molecular weight is 328 g/mol. The van der Waals surface area contributed by atoms with Crippen LogP contribution >= 0.6 is 0 Å². The van der Waals surface area contributed by atoms with Gasteiger partial charge in [-0.15, -0.1) is 0 Å². The molecule has 2 fully saturated rings. The normalized spacial score (nSPS) is 31.5. The average Bonchev–Trinajstić information content (AvgIpc) is 2.85. The van der Waals surface area contributed by atoms with Gasteiger partial charge in [-0.1, -0.05) is 24.6 Å². The molecule has 1 aromatic carbocycles. The summed E-state index contributed by atoms with van der Waals surface area (Å²) in [5, 5.41) is 19.0. The molecule has 3 atom stereocenters. The largest absolute Gasteiger partial charge is 0.508 e. The number of Topliss-reactive ketones (excluding diaryl/α,β-unsaturated/α-hetero) is 1. The number of carbonyl (C=O) groups excluding carboxylic acids is 1. The van der Waals surface area contributed by atoms with E-state index in [0.717, 1.165) is 25.7 Å². The number of rotatable bonds is 4. The molecule has 3 rings (SSSR count). The number of benzene rings is 1. The van der Waals surface area contributed by atoms with Crippen molar-refractivity contribution in [3.8, 4) is 5.75 Å². The van der Waals surface area contributed by atoms with Gasteiger partial charge in [0.25, 0.3) is 0 Å². The first kappa shape index (κ1) is 17.2. The van der Waals surface area contributed by atoms with Crippen LogP contribution in [0.1, 0.15) is 50.2 Å². The number of aliphatic hydroxyl groups is 1. The molecular weight excluding hydrogens is 300 g/mol.